The lowest BCUT2D eigenvalue weighted by molar-refractivity contribution is -0.128. The SMILES string of the molecule is CC[C@H](Oc1ccc(N(C)S(C)(=O)=O)cc1)C(=O)NCCCc1ccc(OC)c(OC)c1. The van der Waals surface area contributed by atoms with Gasteiger partial charge in [0.05, 0.1) is 26.2 Å². The summed E-state index contributed by atoms with van der Waals surface area (Å²) < 4.78 is 40.8. The Balaban J connectivity index is 1.85. The number of nitrogens with zero attached hydrogens (tertiary/aromatic N) is 1. The molecular weight excluding hydrogens is 432 g/mol. The normalized spacial score (nSPS) is 12.0. The minimum atomic E-state index is -3.34. The summed E-state index contributed by atoms with van der Waals surface area (Å²) in [5.41, 5.74) is 1.62. The summed E-state index contributed by atoms with van der Waals surface area (Å²) in [6.45, 7) is 2.39. The van der Waals surface area contributed by atoms with Crippen LogP contribution in [0.4, 0.5) is 5.69 Å². The molecule has 1 atom stereocenters. The van der Waals surface area contributed by atoms with Gasteiger partial charge in [-0.2, -0.15) is 0 Å². The molecule has 0 spiro atoms. The molecule has 0 aliphatic heterocycles. The molecule has 32 heavy (non-hydrogen) atoms. The van der Waals surface area contributed by atoms with Crippen LogP contribution in [-0.2, 0) is 21.2 Å². The lowest BCUT2D eigenvalue weighted by atomic mass is 10.1. The highest BCUT2D eigenvalue weighted by Gasteiger charge is 2.18. The van der Waals surface area contributed by atoms with Crippen LogP contribution in [0.3, 0.4) is 0 Å². The lowest BCUT2D eigenvalue weighted by Crippen LogP contribution is -2.38. The summed E-state index contributed by atoms with van der Waals surface area (Å²) in [6.07, 6.45) is 2.57. The molecule has 0 fully saturated rings. The van der Waals surface area contributed by atoms with Crippen molar-refractivity contribution in [1.82, 2.24) is 5.32 Å². The van der Waals surface area contributed by atoms with Gasteiger partial charge in [-0.1, -0.05) is 13.0 Å². The summed E-state index contributed by atoms with van der Waals surface area (Å²) >= 11 is 0. The van der Waals surface area contributed by atoms with Crippen molar-refractivity contribution in [2.24, 2.45) is 0 Å². The molecule has 9 heteroatoms. The van der Waals surface area contributed by atoms with Gasteiger partial charge in [0.15, 0.2) is 17.6 Å². The third-order valence-electron chi connectivity index (χ3n) is 5.03. The molecule has 0 bridgehead atoms. The Kier molecular flexibility index (Phi) is 9.19. The van der Waals surface area contributed by atoms with E-state index in [-0.39, 0.29) is 5.91 Å². The largest absolute Gasteiger partial charge is 0.493 e. The Hall–Kier alpha value is -2.94. The van der Waals surface area contributed by atoms with E-state index in [0.717, 1.165) is 24.7 Å². The standard InChI is InChI=1S/C23H32N2O6S/c1-6-20(31-19-12-10-18(11-13-19)25(2)32(5,27)28)23(26)24-15-7-8-17-9-14-21(29-3)22(16-17)30-4/h9-14,16,20H,6-8,15H2,1-5H3,(H,24,26)/t20-/m0/s1. The summed E-state index contributed by atoms with van der Waals surface area (Å²) in [6, 6.07) is 12.4. The Morgan fingerprint density at radius 1 is 1.06 bits per heavy atom. The molecule has 0 heterocycles. The zero-order valence-corrected chi connectivity index (χ0v) is 20.1. The molecule has 0 aliphatic carbocycles. The molecule has 0 aliphatic rings. The molecule has 1 amide bonds. The van der Waals surface area contributed by atoms with E-state index in [1.165, 1.54) is 11.4 Å². The van der Waals surface area contributed by atoms with Gasteiger partial charge in [0.2, 0.25) is 10.0 Å². The number of nitrogens with one attached hydrogen (secondary N) is 1. The van der Waals surface area contributed by atoms with Gasteiger partial charge in [-0.05, 0) is 61.2 Å². The van der Waals surface area contributed by atoms with Gasteiger partial charge in [-0.25, -0.2) is 8.42 Å². The quantitative estimate of drug-likeness (QED) is 0.486. The topological polar surface area (TPSA) is 94.2 Å². The highest BCUT2D eigenvalue weighted by molar-refractivity contribution is 7.92. The van der Waals surface area contributed by atoms with Crippen LogP contribution in [0.5, 0.6) is 17.2 Å². The molecule has 1 N–H and O–H groups in total. The molecule has 0 radical (unpaired) electrons. The summed E-state index contributed by atoms with van der Waals surface area (Å²) in [4.78, 5) is 12.5. The van der Waals surface area contributed by atoms with E-state index in [4.69, 9.17) is 14.2 Å². The van der Waals surface area contributed by atoms with E-state index >= 15 is 0 Å². The number of hydrogen-bond acceptors (Lipinski definition) is 6. The van der Waals surface area contributed by atoms with Gasteiger partial charge >= 0.3 is 0 Å². The monoisotopic (exact) mass is 464 g/mol. The maximum atomic E-state index is 12.5. The van der Waals surface area contributed by atoms with E-state index in [1.54, 1.807) is 38.5 Å². The Bertz CT molecular complexity index is 992. The molecule has 2 aromatic rings. The van der Waals surface area contributed by atoms with Gasteiger partial charge < -0.3 is 19.5 Å². The van der Waals surface area contributed by atoms with Crippen LogP contribution in [0.15, 0.2) is 42.5 Å². The molecule has 0 aromatic heterocycles. The Labute approximate surface area is 190 Å². The van der Waals surface area contributed by atoms with Crippen molar-refractivity contribution >= 4 is 21.6 Å². The highest BCUT2D eigenvalue weighted by Crippen LogP contribution is 2.28. The molecule has 0 unspecified atom stereocenters. The van der Waals surface area contributed by atoms with Crippen LogP contribution < -0.4 is 23.8 Å². The number of amides is 1. The second kappa shape index (κ2) is 11.6. The fourth-order valence-corrected chi connectivity index (χ4v) is 3.57. The fourth-order valence-electron chi connectivity index (χ4n) is 3.07. The van der Waals surface area contributed by atoms with E-state index in [1.807, 2.05) is 25.1 Å². The second-order valence-electron chi connectivity index (χ2n) is 7.32. The smallest absolute Gasteiger partial charge is 0.261 e. The summed E-state index contributed by atoms with van der Waals surface area (Å²) in [7, 11) is 1.35. The van der Waals surface area contributed by atoms with E-state index < -0.39 is 16.1 Å². The van der Waals surface area contributed by atoms with Crippen molar-refractivity contribution < 1.29 is 27.4 Å². The molecule has 0 saturated heterocycles. The number of carbonyl (C=O) groups excluding carboxylic acids is 1. The van der Waals surface area contributed by atoms with Crippen molar-refractivity contribution in [3.05, 3.63) is 48.0 Å². The number of sulfonamides is 1. The number of methoxy groups -OCH3 is 2. The Morgan fingerprint density at radius 2 is 1.72 bits per heavy atom. The van der Waals surface area contributed by atoms with Gasteiger partial charge in [0, 0.05) is 13.6 Å². The first-order valence-corrected chi connectivity index (χ1v) is 12.2. The van der Waals surface area contributed by atoms with E-state index in [9.17, 15) is 13.2 Å². The predicted octanol–water partition coefficient (Wildman–Crippen LogP) is 3.01. The van der Waals surface area contributed by atoms with E-state index in [0.29, 0.717) is 35.9 Å². The van der Waals surface area contributed by atoms with Crippen molar-refractivity contribution in [3.63, 3.8) is 0 Å². The van der Waals surface area contributed by atoms with Crippen molar-refractivity contribution in [1.29, 1.82) is 0 Å². The van der Waals surface area contributed by atoms with Gasteiger partial charge in [0.25, 0.3) is 5.91 Å². The number of ether oxygens (including phenoxy) is 3. The zero-order valence-electron chi connectivity index (χ0n) is 19.3. The number of anilines is 1. The number of rotatable bonds is 12. The molecule has 0 saturated carbocycles. The Morgan fingerprint density at radius 3 is 2.28 bits per heavy atom. The lowest BCUT2D eigenvalue weighted by Gasteiger charge is -2.19. The molecule has 2 rings (SSSR count). The zero-order chi connectivity index (χ0) is 23.7. The molecule has 2 aromatic carbocycles. The van der Waals surface area contributed by atoms with Crippen molar-refractivity contribution in [2.45, 2.75) is 32.3 Å². The van der Waals surface area contributed by atoms with E-state index in [2.05, 4.69) is 5.32 Å². The first-order valence-electron chi connectivity index (χ1n) is 10.4. The average molecular weight is 465 g/mol. The van der Waals surface area contributed by atoms with Crippen LogP contribution in [0.25, 0.3) is 0 Å². The minimum absolute atomic E-state index is 0.183. The molecule has 8 nitrogen and oxygen atoms in total. The predicted molar refractivity (Wildman–Crippen MR) is 125 cm³/mol. The van der Waals surface area contributed by atoms with Crippen molar-refractivity contribution in [2.75, 3.05) is 38.4 Å². The first kappa shape index (κ1) is 25.3. The second-order valence-corrected chi connectivity index (χ2v) is 9.34. The minimum Gasteiger partial charge on any atom is -0.493 e. The highest BCUT2D eigenvalue weighted by atomic mass is 32.2. The van der Waals surface area contributed by atoms with Crippen LogP contribution in [0.2, 0.25) is 0 Å². The number of benzene rings is 2. The average Bonchev–Trinajstić information content (AvgIpc) is 2.79. The van der Waals surface area contributed by atoms with Crippen molar-refractivity contribution in [3.8, 4) is 17.2 Å². The summed E-state index contributed by atoms with van der Waals surface area (Å²) in [5, 5.41) is 2.92. The number of carbonyl (C=O) groups is 1. The van der Waals surface area contributed by atoms with Crippen LogP contribution in [-0.4, -0.2) is 54.5 Å². The van der Waals surface area contributed by atoms with Gasteiger partial charge in [-0.15, -0.1) is 0 Å². The first-order chi connectivity index (χ1) is 15.2. The molecular formula is C23H32N2O6S. The molecule has 176 valence electrons. The summed E-state index contributed by atoms with van der Waals surface area (Å²) in [5.74, 6) is 1.69. The third kappa shape index (κ3) is 7.05. The van der Waals surface area contributed by atoms with Crippen LogP contribution >= 0.6 is 0 Å². The maximum Gasteiger partial charge on any atom is 0.261 e. The number of aryl methyl sites for hydroxylation is 1. The van der Waals surface area contributed by atoms with Crippen LogP contribution in [0.1, 0.15) is 25.3 Å². The third-order valence-corrected chi connectivity index (χ3v) is 6.23. The fraction of sp³-hybridized carbons (Fsp3) is 0.435. The van der Waals surface area contributed by atoms with Gasteiger partial charge in [0.1, 0.15) is 5.75 Å². The van der Waals surface area contributed by atoms with Gasteiger partial charge in [-0.3, -0.25) is 9.10 Å². The van der Waals surface area contributed by atoms with Crippen LogP contribution in [0, 0.1) is 0 Å². The number of hydrogen-bond donors (Lipinski definition) is 1. The maximum absolute atomic E-state index is 12.5.